The molecule has 0 saturated heterocycles. The molecule has 3 rings (SSSR count). The molecule has 0 amide bonds. The van der Waals surface area contributed by atoms with Gasteiger partial charge in [0.1, 0.15) is 10.3 Å². The molecular weight excluding hydrogens is 290 g/mol. The third kappa shape index (κ3) is 1.85. The summed E-state index contributed by atoms with van der Waals surface area (Å²) in [6, 6.07) is 6.50. The molecule has 2 aromatic rings. The maximum Gasteiger partial charge on any atom is 0.204 e. The van der Waals surface area contributed by atoms with Crippen LogP contribution in [0.5, 0.6) is 0 Å². The lowest BCUT2D eigenvalue weighted by Gasteiger charge is -2.15. The van der Waals surface area contributed by atoms with Crippen LogP contribution >= 0.6 is 15.9 Å². The lowest BCUT2D eigenvalue weighted by Crippen LogP contribution is -2.17. The molecule has 0 fully saturated rings. The Labute approximate surface area is 115 Å². The molecule has 0 atom stereocenters. The largest absolute Gasteiger partial charge is 0.356 e. The van der Waals surface area contributed by atoms with Crippen molar-refractivity contribution < 1.29 is 0 Å². The normalized spacial score (nSPS) is 14.2. The molecule has 1 aromatic carbocycles. The van der Waals surface area contributed by atoms with Gasteiger partial charge < -0.3 is 9.88 Å². The van der Waals surface area contributed by atoms with Gasteiger partial charge in [-0.25, -0.2) is 4.98 Å². The minimum atomic E-state index is 0.975. The van der Waals surface area contributed by atoms with Crippen molar-refractivity contribution in [1.82, 2.24) is 9.55 Å². The summed E-state index contributed by atoms with van der Waals surface area (Å²) in [7, 11) is 0. The standard InChI is InChI=1S/C14H16BrN3/c1-9-4-5-11(10(2)8-9)12-13(15)18-7-3-6-16-14(18)17-12/h4-5,8H,3,6-7H2,1-2H3,(H,16,17). The summed E-state index contributed by atoms with van der Waals surface area (Å²) in [6.45, 7) is 6.29. The lowest BCUT2D eigenvalue weighted by molar-refractivity contribution is 0.618. The minimum Gasteiger partial charge on any atom is -0.356 e. The van der Waals surface area contributed by atoms with Gasteiger partial charge in [0, 0.05) is 18.7 Å². The summed E-state index contributed by atoms with van der Waals surface area (Å²) >= 11 is 3.69. The topological polar surface area (TPSA) is 29.9 Å². The summed E-state index contributed by atoms with van der Waals surface area (Å²) in [4.78, 5) is 4.72. The van der Waals surface area contributed by atoms with E-state index in [9.17, 15) is 0 Å². The lowest BCUT2D eigenvalue weighted by atomic mass is 10.0. The van der Waals surface area contributed by atoms with Crippen LogP contribution in [-0.4, -0.2) is 16.1 Å². The molecule has 18 heavy (non-hydrogen) atoms. The van der Waals surface area contributed by atoms with Gasteiger partial charge in [0.15, 0.2) is 0 Å². The monoisotopic (exact) mass is 305 g/mol. The van der Waals surface area contributed by atoms with Crippen molar-refractivity contribution in [2.45, 2.75) is 26.8 Å². The van der Waals surface area contributed by atoms with Gasteiger partial charge in [-0.15, -0.1) is 0 Å². The quantitative estimate of drug-likeness (QED) is 0.869. The van der Waals surface area contributed by atoms with Crippen LogP contribution in [0.15, 0.2) is 22.8 Å². The third-order valence-corrected chi connectivity index (χ3v) is 4.19. The molecule has 94 valence electrons. The van der Waals surface area contributed by atoms with E-state index in [0.717, 1.165) is 35.8 Å². The van der Waals surface area contributed by atoms with Crippen LogP contribution < -0.4 is 5.32 Å². The number of aromatic nitrogens is 2. The molecule has 0 radical (unpaired) electrons. The highest BCUT2D eigenvalue weighted by molar-refractivity contribution is 9.10. The number of nitrogens with zero attached hydrogens (tertiary/aromatic N) is 2. The Kier molecular flexibility index (Phi) is 2.90. The summed E-state index contributed by atoms with van der Waals surface area (Å²) in [5.74, 6) is 0.975. The van der Waals surface area contributed by atoms with Crippen LogP contribution in [0.3, 0.4) is 0 Å². The molecule has 0 aliphatic carbocycles. The van der Waals surface area contributed by atoms with Crippen molar-refractivity contribution in [3.05, 3.63) is 33.9 Å². The maximum absolute atomic E-state index is 4.72. The molecule has 0 unspecified atom stereocenters. The fourth-order valence-electron chi connectivity index (χ4n) is 2.46. The SMILES string of the molecule is Cc1ccc(-c2nc3n(c2Br)CCCN3)c(C)c1. The average molecular weight is 306 g/mol. The van der Waals surface area contributed by atoms with E-state index in [1.165, 1.54) is 16.7 Å². The van der Waals surface area contributed by atoms with Gasteiger partial charge in [-0.2, -0.15) is 0 Å². The van der Waals surface area contributed by atoms with Gasteiger partial charge >= 0.3 is 0 Å². The predicted octanol–water partition coefficient (Wildman–Crippen LogP) is 3.75. The Morgan fingerprint density at radius 2 is 2.17 bits per heavy atom. The van der Waals surface area contributed by atoms with Gasteiger partial charge in [0.25, 0.3) is 0 Å². The summed E-state index contributed by atoms with van der Waals surface area (Å²) in [5.41, 5.74) is 4.80. The van der Waals surface area contributed by atoms with E-state index in [2.05, 4.69) is 57.9 Å². The van der Waals surface area contributed by atoms with Crippen LogP contribution in [0.25, 0.3) is 11.3 Å². The van der Waals surface area contributed by atoms with Crippen LogP contribution in [0.1, 0.15) is 17.5 Å². The zero-order valence-electron chi connectivity index (χ0n) is 10.6. The van der Waals surface area contributed by atoms with Crippen molar-refractivity contribution in [3.63, 3.8) is 0 Å². The van der Waals surface area contributed by atoms with Crippen LogP contribution in [-0.2, 0) is 6.54 Å². The van der Waals surface area contributed by atoms with E-state index in [4.69, 9.17) is 4.98 Å². The third-order valence-electron chi connectivity index (χ3n) is 3.38. The number of hydrogen-bond donors (Lipinski definition) is 1. The minimum absolute atomic E-state index is 0.975. The second-order valence-electron chi connectivity index (χ2n) is 4.83. The highest BCUT2D eigenvalue weighted by atomic mass is 79.9. The van der Waals surface area contributed by atoms with Gasteiger partial charge in [0.2, 0.25) is 5.95 Å². The zero-order valence-corrected chi connectivity index (χ0v) is 12.2. The van der Waals surface area contributed by atoms with Crippen molar-refractivity contribution in [2.24, 2.45) is 0 Å². The Morgan fingerprint density at radius 1 is 1.33 bits per heavy atom. The molecule has 4 heteroatoms. The molecule has 1 aliphatic heterocycles. The fourth-order valence-corrected chi connectivity index (χ4v) is 3.11. The van der Waals surface area contributed by atoms with E-state index < -0.39 is 0 Å². The molecule has 1 aromatic heterocycles. The molecular formula is C14H16BrN3. The number of aryl methyl sites for hydroxylation is 2. The molecule has 0 spiro atoms. The van der Waals surface area contributed by atoms with Crippen molar-refractivity contribution in [2.75, 3.05) is 11.9 Å². The van der Waals surface area contributed by atoms with E-state index >= 15 is 0 Å². The Bertz CT molecular complexity index is 601. The van der Waals surface area contributed by atoms with Crippen molar-refractivity contribution >= 4 is 21.9 Å². The Balaban J connectivity index is 2.14. The first kappa shape index (κ1) is 11.8. The molecule has 0 bridgehead atoms. The number of halogens is 1. The van der Waals surface area contributed by atoms with E-state index in [1.807, 2.05) is 0 Å². The van der Waals surface area contributed by atoms with Crippen LogP contribution in [0.4, 0.5) is 5.95 Å². The number of nitrogens with one attached hydrogen (secondary N) is 1. The molecule has 3 nitrogen and oxygen atoms in total. The summed E-state index contributed by atoms with van der Waals surface area (Å²) < 4.78 is 3.29. The summed E-state index contributed by atoms with van der Waals surface area (Å²) in [6.07, 6.45) is 1.15. The van der Waals surface area contributed by atoms with E-state index in [0.29, 0.717) is 0 Å². The van der Waals surface area contributed by atoms with Crippen molar-refractivity contribution in [3.8, 4) is 11.3 Å². The first-order valence-corrected chi connectivity index (χ1v) is 7.03. The highest BCUT2D eigenvalue weighted by Gasteiger charge is 2.19. The van der Waals surface area contributed by atoms with Crippen LogP contribution in [0, 0.1) is 13.8 Å². The zero-order chi connectivity index (χ0) is 12.7. The number of imidazole rings is 1. The Morgan fingerprint density at radius 3 is 2.89 bits per heavy atom. The average Bonchev–Trinajstić information content (AvgIpc) is 2.68. The first-order valence-electron chi connectivity index (χ1n) is 6.24. The predicted molar refractivity (Wildman–Crippen MR) is 77.9 cm³/mol. The molecule has 1 aliphatic rings. The Hall–Kier alpha value is -1.29. The van der Waals surface area contributed by atoms with E-state index in [-0.39, 0.29) is 0 Å². The van der Waals surface area contributed by atoms with Gasteiger partial charge in [0.05, 0.1) is 0 Å². The van der Waals surface area contributed by atoms with E-state index in [1.54, 1.807) is 0 Å². The van der Waals surface area contributed by atoms with Crippen molar-refractivity contribution in [1.29, 1.82) is 0 Å². The second-order valence-corrected chi connectivity index (χ2v) is 5.58. The second kappa shape index (κ2) is 4.43. The van der Waals surface area contributed by atoms with Gasteiger partial charge in [-0.3, -0.25) is 0 Å². The summed E-state index contributed by atoms with van der Waals surface area (Å²) in [5, 5.41) is 3.35. The van der Waals surface area contributed by atoms with Gasteiger partial charge in [-0.05, 0) is 41.8 Å². The molecule has 2 heterocycles. The number of hydrogen-bond acceptors (Lipinski definition) is 2. The highest BCUT2D eigenvalue weighted by Crippen LogP contribution is 2.34. The fraction of sp³-hybridized carbons (Fsp3) is 0.357. The first-order chi connectivity index (χ1) is 8.66. The molecule has 1 N–H and O–H groups in total. The van der Waals surface area contributed by atoms with Gasteiger partial charge in [-0.1, -0.05) is 23.8 Å². The maximum atomic E-state index is 4.72. The number of rotatable bonds is 1. The number of benzene rings is 1. The van der Waals surface area contributed by atoms with Crippen LogP contribution in [0.2, 0.25) is 0 Å². The number of fused-ring (bicyclic) bond motifs is 1. The molecule has 0 saturated carbocycles. The smallest absolute Gasteiger partial charge is 0.204 e. The number of anilines is 1.